The highest BCUT2D eigenvalue weighted by Gasteiger charge is 2.10. The van der Waals surface area contributed by atoms with Crippen LogP contribution in [0, 0.1) is 0 Å². The standard InChI is InChI=1S/C20H18N4O2/c1-14(25)16-7-9-17(10-8-16)24-20(26)18-11-19(23-13-22-18)21-12-15-5-3-2-4-6-15/h2-11,13H,12H2,1H3,(H,24,26)(H,21,22,23). The van der Waals surface area contributed by atoms with Crippen molar-refractivity contribution in [3.05, 3.63) is 83.8 Å². The molecule has 2 N–H and O–H groups in total. The molecule has 1 aromatic heterocycles. The predicted octanol–water partition coefficient (Wildman–Crippen LogP) is 3.54. The number of nitrogens with one attached hydrogen (secondary N) is 2. The number of hydrogen-bond donors (Lipinski definition) is 2. The number of anilines is 2. The Labute approximate surface area is 151 Å². The van der Waals surface area contributed by atoms with Crippen molar-refractivity contribution in [2.75, 3.05) is 10.6 Å². The van der Waals surface area contributed by atoms with Crippen molar-refractivity contribution in [1.29, 1.82) is 0 Å². The molecule has 6 nitrogen and oxygen atoms in total. The molecular formula is C20H18N4O2. The number of nitrogens with zero attached hydrogens (tertiary/aromatic N) is 2. The number of aromatic nitrogens is 2. The normalized spacial score (nSPS) is 10.2. The van der Waals surface area contributed by atoms with Crippen LogP contribution in [0.2, 0.25) is 0 Å². The summed E-state index contributed by atoms with van der Waals surface area (Å²) >= 11 is 0. The Morgan fingerprint density at radius 3 is 2.38 bits per heavy atom. The molecule has 0 saturated heterocycles. The summed E-state index contributed by atoms with van der Waals surface area (Å²) in [6, 6.07) is 18.2. The van der Waals surface area contributed by atoms with Crippen LogP contribution in [0.3, 0.4) is 0 Å². The molecule has 6 heteroatoms. The van der Waals surface area contributed by atoms with Gasteiger partial charge in [-0.25, -0.2) is 9.97 Å². The number of benzene rings is 2. The Hall–Kier alpha value is -3.54. The number of Topliss-reactive ketones (excluding diaryl/α,β-unsaturated/α-hetero) is 1. The number of rotatable bonds is 6. The van der Waals surface area contributed by atoms with E-state index in [-0.39, 0.29) is 17.4 Å². The van der Waals surface area contributed by atoms with Gasteiger partial charge in [-0.1, -0.05) is 30.3 Å². The van der Waals surface area contributed by atoms with Crippen molar-refractivity contribution in [2.45, 2.75) is 13.5 Å². The third-order valence-electron chi connectivity index (χ3n) is 3.77. The number of carbonyl (C=O) groups excluding carboxylic acids is 2. The molecule has 3 rings (SSSR count). The molecule has 0 spiro atoms. The molecule has 1 amide bonds. The Morgan fingerprint density at radius 2 is 1.69 bits per heavy atom. The van der Waals surface area contributed by atoms with E-state index in [4.69, 9.17) is 0 Å². The fourth-order valence-corrected chi connectivity index (χ4v) is 2.35. The first-order valence-electron chi connectivity index (χ1n) is 8.14. The second-order valence-electron chi connectivity index (χ2n) is 5.72. The van der Waals surface area contributed by atoms with E-state index in [0.717, 1.165) is 5.56 Å². The summed E-state index contributed by atoms with van der Waals surface area (Å²) in [5, 5.41) is 5.93. The summed E-state index contributed by atoms with van der Waals surface area (Å²) in [6.07, 6.45) is 1.35. The van der Waals surface area contributed by atoms with Gasteiger partial charge in [-0.3, -0.25) is 9.59 Å². The Morgan fingerprint density at radius 1 is 0.962 bits per heavy atom. The van der Waals surface area contributed by atoms with Crippen molar-refractivity contribution in [2.24, 2.45) is 0 Å². The highest BCUT2D eigenvalue weighted by molar-refractivity contribution is 6.03. The maximum atomic E-state index is 12.4. The fourth-order valence-electron chi connectivity index (χ4n) is 2.35. The molecule has 0 aliphatic carbocycles. The van der Waals surface area contributed by atoms with Crippen molar-refractivity contribution >= 4 is 23.2 Å². The smallest absolute Gasteiger partial charge is 0.274 e. The molecule has 26 heavy (non-hydrogen) atoms. The van der Waals surface area contributed by atoms with Gasteiger partial charge >= 0.3 is 0 Å². The first-order valence-corrected chi connectivity index (χ1v) is 8.14. The van der Waals surface area contributed by atoms with Gasteiger partial charge < -0.3 is 10.6 Å². The minimum Gasteiger partial charge on any atom is -0.366 e. The van der Waals surface area contributed by atoms with Gasteiger partial charge in [0, 0.05) is 23.9 Å². The lowest BCUT2D eigenvalue weighted by Gasteiger charge is -2.08. The van der Waals surface area contributed by atoms with E-state index in [9.17, 15) is 9.59 Å². The molecule has 0 radical (unpaired) electrons. The molecular weight excluding hydrogens is 328 g/mol. The predicted molar refractivity (Wildman–Crippen MR) is 100 cm³/mol. The third kappa shape index (κ3) is 4.51. The summed E-state index contributed by atoms with van der Waals surface area (Å²) in [5.41, 5.74) is 2.56. The SMILES string of the molecule is CC(=O)c1ccc(NC(=O)c2cc(NCc3ccccc3)ncn2)cc1. The van der Waals surface area contributed by atoms with E-state index >= 15 is 0 Å². The van der Waals surface area contributed by atoms with E-state index in [0.29, 0.717) is 23.6 Å². The van der Waals surface area contributed by atoms with Gasteiger partial charge in [-0.2, -0.15) is 0 Å². The van der Waals surface area contributed by atoms with Crippen LogP contribution in [0.25, 0.3) is 0 Å². The van der Waals surface area contributed by atoms with Crippen LogP contribution in [-0.4, -0.2) is 21.7 Å². The van der Waals surface area contributed by atoms with E-state index < -0.39 is 0 Å². The minimum absolute atomic E-state index is 0.0205. The molecule has 3 aromatic rings. The third-order valence-corrected chi connectivity index (χ3v) is 3.77. The van der Waals surface area contributed by atoms with E-state index in [1.165, 1.54) is 13.3 Å². The number of carbonyl (C=O) groups is 2. The lowest BCUT2D eigenvalue weighted by Crippen LogP contribution is -2.14. The Balaban J connectivity index is 1.65. The topological polar surface area (TPSA) is 84.0 Å². The van der Waals surface area contributed by atoms with Crippen LogP contribution in [0.15, 0.2) is 67.0 Å². The van der Waals surface area contributed by atoms with E-state index in [1.807, 2.05) is 30.3 Å². The molecule has 0 saturated carbocycles. The number of hydrogen-bond acceptors (Lipinski definition) is 5. The van der Waals surface area contributed by atoms with Gasteiger partial charge in [0.25, 0.3) is 5.91 Å². The minimum atomic E-state index is -0.342. The van der Waals surface area contributed by atoms with E-state index in [1.54, 1.807) is 30.3 Å². The second kappa shape index (κ2) is 8.02. The van der Waals surface area contributed by atoms with Crippen LogP contribution >= 0.6 is 0 Å². The summed E-state index contributed by atoms with van der Waals surface area (Å²) in [5.74, 6) is 0.208. The first kappa shape index (κ1) is 17.3. The summed E-state index contributed by atoms with van der Waals surface area (Å²) < 4.78 is 0. The average molecular weight is 346 g/mol. The molecule has 130 valence electrons. The quantitative estimate of drug-likeness (QED) is 0.667. The van der Waals surface area contributed by atoms with Gasteiger partial charge in [-0.15, -0.1) is 0 Å². The molecule has 0 aliphatic rings. The van der Waals surface area contributed by atoms with Crippen molar-refractivity contribution < 1.29 is 9.59 Å². The first-order chi connectivity index (χ1) is 12.6. The lowest BCUT2D eigenvalue weighted by atomic mass is 10.1. The Bertz CT molecular complexity index is 909. The summed E-state index contributed by atoms with van der Waals surface area (Å²) in [4.78, 5) is 31.8. The summed E-state index contributed by atoms with van der Waals surface area (Å²) in [6.45, 7) is 2.10. The van der Waals surface area contributed by atoms with E-state index in [2.05, 4.69) is 20.6 Å². The van der Waals surface area contributed by atoms with Crippen LogP contribution in [0.4, 0.5) is 11.5 Å². The van der Waals surface area contributed by atoms with Crippen LogP contribution < -0.4 is 10.6 Å². The largest absolute Gasteiger partial charge is 0.366 e. The zero-order valence-corrected chi connectivity index (χ0v) is 14.3. The zero-order valence-electron chi connectivity index (χ0n) is 14.3. The molecule has 0 atom stereocenters. The zero-order chi connectivity index (χ0) is 18.4. The van der Waals surface area contributed by atoms with Gasteiger partial charge in [-0.05, 0) is 36.8 Å². The molecule has 0 bridgehead atoms. The highest BCUT2D eigenvalue weighted by atomic mass is 16.2. The van der Waals surface area contributed by atoms with Gasteiger partial charge in [0.05, 0.1) is 0 Å². The van der Waals surface area contributed by atoms with Gasteiger partial charge in [0.2, 0.25) is 0 Å². The number of amides is 1. The molecule has 0 aliphatic heterocycles. The van der Waals surface area contributed by atoms with Gasteiger partial charge in [0.15, 0.2) is 5.78 Å². The fraction of sp³-hybridized carbons (Fsp3) is 0.100. The molecule has 0 fully saturated rings. The number of ketones is 1. The van der Waals surface area contributed by atoms with Crippen LogP contribution in [0.1, 0.15) is 33.3 Å². The van der Waals surface area contributed by atoms with Crippen LogP contribution in [-0.2, 0) is 6.54 Å². The van der Waals surface area contributed by atoms with Crippen molar-refractivity contribution in [3.63, 3.8) is 0 Å². The maximum Gasteiger partial charge on any atom is 0.274 e. The monoisotopic (exact) mass is 346 g/mol. The molecule has 0 unspecified atom stereocenters. The Kier molecular flexibility index (Phi) is 5.34. The van der Waals surface area contributed by atoms with Crippen molar-refractivity contribution in [3.8, 4) is 0 Å². The maximum absolute atomic E-state index is 12.4. The van der Waals surface area contributed by atoms with Crippen LogP contribution in [0.5, 0.6) is 0 Å². The highest BCUT2D eigenvalue weighted by Crippen LogP contribution is 2.13. The van der Waals surface area contributed by atoms with Crippen molar-refractivity contribution in [1.82, 2.24) is 9.97 Å². The second-order valence-corrected chi connectivity index (χ2v) is 5.72. The summed E-state index contributed by atoms with van der Waals surface area (Å²) in [7, 11) is 0. The average Bonchev–Trinajstić information content (AvgIpc) is 2.68. The van der Waals surface area contributed by atoms with Gasteiger partial charge in [0.1, 0.15) is 17.8 Å². The molecule has 1 heterocycles. The molecule has 2 aromatic carbocycles. The lowest BCUT2D eigenvalue weighted by molar-refractivity contribution is 0.101.